The molecule has 0 radical (unpaired) electrons. The van der Waals surface area contributed by atoms with Gasteiger partial charge in [0, 0.05) is 30.3 Å². The van der Waals surface area contributed by atoms with Crippen molar-refractivity contribution in [1.82, 2.24) is 15.2 Å². The first-order valence-electron chi connectivity index (χ1n) is 6.98. The lowest BCUT2D eigenvalue weighted by Gasteiger charge is -2.07. The Hall–Kier alpha value is -2.96. The van der Waals surface area contributed by atoms with E-state index < -0.39 is 5.92 Å². The fourth-order valence-corrected chi connectivity index (χ4v) is 2.52. The molecule has 4 rings (SSSR count). The molecule has 0 saturated heterocycles. The Kier molecular flexibility index (Phi) is 2.84. The number of aromatic amines is 1. The van der Waals surface area contributed by atoms with Crippen molar-refractivity contribution < 1.29 is 13.2 Å². The molecule has 3 aromatic heterocycles. The third-order valence-corrected chi connectivity index (χ3v) is 3.63. The molecule has 0 amide bonds. The Bertz CT molecular complexity index is 1000. The number of alkyl halides is 2. The number of pyridine rings is 1. The molecule has 0 fully saturated rings. The van der Waals surface area contributed by atoms with Gasteiger partial charge in [-0.3, -0.25) is 10.1 Å². The van der Waals surface area contributed by atoms with Crippen molar-refractivity contribution >= 4 is 33.5 Å². The van der Waals surface area contributed by atoms with Crippen LogP contribution in [0.3, 0.4) is 0 Å². The van der Waals surface area contributed by atoms with Gasteiger partial charge in [0.15, 0.2) is 5.82 Å². The standard InChI is InChI=1S/C16H12F2N4O/c1-16(17,18)11-8-23-13-7-9(4-5-10(11)13)20-15-14-12(21-22-15)3-2-6-19-14/h2-8H,1H3,(H2,20,21,22). The van der Waals surface area contributed by atoms with Gasteiger partial charge in [0.25, 0.3) is 5.92 Å². The van der Waals surface area contributed by atoms with Crippen molar-refractivity contribution in [3.8, 4) is 0 Å². The van der Waals surface area contributed by atoms with Crippen molar-refractivity contribution in [1.29, 1.82) is 0 Å². The molecule has 116 valence electrons. The van der Waals surface area contributed by atoms with Gasteiger partial charge in [-0.1, -0.05) is 0 Å². The molecule has 7 heteroatoms. The molecule has 5 nitrogen and oxygen atoms in total. The molecule has 0 aliphatic heterocycles. The average Bonchev–Trinajstić information content (AvgIpc) is 3.11. The van der Waals surface area contributed by atoms with Crippen LogP contribution in [0.4, 0.5) is 20.3 Å². The van der Waals surface area contributed by atoms with E-state index in [-0.39, 0.29) is 5.56 Å². The number of fused-ring (bicyclic) bond motifs is 2. The second-order valence-electron chi connectivity index (χ2n) is 5.35. The van der Waals surface area contributed by atoms with E-state index in [1.165, 1.54) is 0 Å². The smallest absolute Gasteiger partial charge is 0.274 e. The fraction of sp³-hybridized carbons (Fsp3) is 0.125. The molecular weight excluding hydrogens is 302 g/mol. The summed E-state index contributed by atoms with van der Waals surface area (Å²) in [5.41, 5.74) is 2.46. The van der Waals surface area contributed by atoms with Crippen LogP contribution in [0.2, 0.25) is 0 Å². The van der Waals surface area contributed by atoms with E-state index in [2.05, 4.69) is 20.5 Å². The maximum Gasteiger partial charge on any atom is 0.274 e. The Balaban J connectivity index is 1.73. The summed E-state index contributed by atoms with van der Waals surface area (Å²) in [5.74, 6) is -2.38. The maximum absolute atomic E-state index is 13.5. The number of nitrogens with zero attached hydrogens (tertiary/aromatic N) is 2. The highest BCUT2D eigenvalue weighted by molar-refractivity contribution is 5.90. The first-order valence-corrected chi connectivity index (χ1v) is 6.98. The lowest BCUT2D eigenvalue weighted by Crippen LogP contribution is -2.05. The summed E-state index contributed by atoms with van der Waals surface area (Å²) in [6.45, 7) is 0.852. The summed E-state index contributed by atoms with van der Waals surface area (Å²) in [6, 6.07) is 8.65. The lowest BCUT2D eigenvalue weighted by molar-refractivity contribution is 0.0183. The molecule has 2 N–H and O–H groups in total. The Morgan fingerprint density at radius 2 is 2.13 bits per heavy atom. The number of halogens is 2. The Morgan fingerprint density at radius 3 is 2.96 bits per heavy atom. The van der Waals surface area contributed by atoms with Crippen LogP contribution in [0.25, 0.3) is 22.0 Å². The second-order valence-corrected chi connectivity index (χ2v) is 5.35. The van der Waals surface area contributed by atoms with Crippen LogP contribution in [-0.4, -0.2) is 15.2 Å². The number of hydrogen-bond donors (Lipinski definition) is 2. The van der Waals surface area contributed by atoms with Crippen molar-refractivity contribution in [2.45, 2.75) is 12.8 Å². The van der Waals surface area contributed by atoms with Gasteiger partial charge in [0.1, 0.15) is 17.4 Å². The van der Waals surface area contributed by atoms with Crippen LogP contribution in [0.5, 0.6) is 0 Å². The van der Waals surface area contributed by atoms with E-state index in [1.54, 1.807) is 24.4 Å². The number of hydrogen-bond acceptors (Lipinski definition) is 4. The van der Waals surface area contributed by atoms with E-state index in [1.807, 2.05) is 12.1 Å². The van der Waals surface area contributed by atoms with Crippen LogP contribution >= 0.6 is 0 Å². The highest BCUT2D eigenvalue weighted by Gasteiger charge is 2.28. The number of nitrogens with one attached hydrogen (secondary N) is 2. The number of aromatic nitrogens is 3. The molecule has 0 saturated carbocycles. The van der Waals surface area contributed by atoms with E-state index in [0.29, 0.717) is 28.0 Å². The largest absolute Gasteiger partial charge is 0.464 e. The Morgan fingerprint density at radius 1 is 1.26 bits per heavy atom. The molecule has 0 unspecified atom stereocenters. The Labute approximate surface area is 129 Å². The second kappa shape index (κ2) is 4.77. The molecule has 0 spiro atoms. The number of H-pyrrole nitrogens is 1. The third-order valence-electron chi connectivity index (χ3n) is 3.63. The molecule has 0 aliphatic rings. The number of furan rings is 1. The van der Waals surface area contributed by atoms with Crippen LogP contribution < -0.4 is 5.32 Å². The summed E-state index contributed by atoms with van der Waals surface area (Å²) in [4.78, 5) is 4.26. The third kappa shape index (κ3) is 2.30. The molecule has 0 atom stereocenters. The van der Waals surface area contributed by atoms with Crippen molar-refractivity contribution in [2.75, 3.05) is 5.32 Å². The molecule has 1 aromatic carbocycles. The van der Waals surface area contributed by atoms with E-state index in [4.69, 9.17) is 4.42 Å². The number of rotatable bonds is 3. The average molecular weight is 314 g/mol. The molecule has 0 bridgehead atoms. The molecule has 0 aliphatic carbocycles. The summed E-state index contributed by atoms with van der Waals surface area (Å²) in [6.07, 6.45) is 2.77. The highest BCUT2D eigenvalue weighted by Crippen LogP contribution is 2.36. The summed E-state index contributed by atoms with van der Waals surface area (Å²) < 4.78 is 32.3. The minimum Gasteiger partial charge on any atom is -0.464 e. The van der Waals surface area contributed by atoms with E-state index >= 15 is 0 Å². The van der Waals surface area contributed by atoms with Crippen molar-refractivity contribution in [3.63, 3.8) is 0 Å². The predicted molar refractivity (Wildman–Crippen MR) is 83.0 cm³/mol. The first-order chi connectivity index (χ1) is 11.0. The van der Waals surface area contributed by atoms with Gasteiger partial charge >= 0.3 is 0 Å². The van der Waals surface area contributed by atoms with Crippen molar-refractivity contribution in [3.05, 3.63) is 48.4 Å². The van der Waals surface area contributed by atoms with E-state index in [0.717, 1.165) is 18.7 Å². The molecular formula is C16H12F2N4O. The SMILES string of the molecule is CC(F)(F)c1coc2cc(Nc3n[nH]c4cccnc34)ccc12. The predicted octanol–water partition coefficient (Wildman–Crippen LogP) is 4.56. The van der Waals surface area contributed by atoms with Crippen molar-refractivity contribution in [2.24, 2.45) is 0 Å². The van der Waals surface area contributed by atoms with Gasteiger partial charge in [-0.2, -0.15) is 5.10 Å². The molecule has 4 aromatic rings. The van der Waals surface area contributed by atoms with Gasteiger partial charge in [-0.25, -0.2) is 8.78 Å². The van der Waals surface area contributed by atoms with Crippen LogP contribution in [0.15, 0.2) is 47.2 Å². The van der Waals surface area contributed by atoms with E-state index in [9.17, 15) is 8.78 Å². The lowest BCUT2D eigenvalue weighted by atomic mass is 10.1. The maximum atomic E-state index is 13.5. The van der Waals surface area contributed by atoms with Crippen LogP contribution in [0.1, 0.15) is 12.5 Å². The zero-order valence-electron chi connectivity index (χ0n) is 12.1. The minimum absolute atomic E-state index is 0.120. The summed E-state index contributed by atoms with van der Waals surface area (Å²) in [7, 11) is 0. The van der Waals surface area contributed by atoms with Crippen LogP contribution in [-0.2, 0) is 5.92 Å². The summed E-state index contributed by atoms with van der Waals surface area (Å²) >= 11 is 0. The molecule has 23 heavy (non-hydrogen) atoms. The zero-order chi connectivity index (χ0) is 16.0. The molecule has 3 heterocycles. The van der Waals surface area contributed by atoms with Gasteiger partial charge in [0.2, 0.25) is 0 Å². The summed E-state index contributed by atoms with van der Waals surface area (Å²) in [5, 5.41) is 10.5. The minimum atomic E-state index is -2.94. The fourth-order valence-electron chi connectivity index (χ4n) is 2.52. The van der Waals surface area contributed by atoms with Gasteiger partial charge < -0.3 is 9.73 Å². The first kappa shape index (κ1) is 13.7. The topological polar surface area (TPSA) is 66.7 Å². The van der Waals surface area contributed by atoms with Crippen LogP contribution in [0, 0.1) is 0 Å². The number of anilines is 2. The zero-order valence-corrected chi connectivity index (χ0v) is 12.1. The normalized spacial score (nSPS) is 12.1. The van der Waals surface area contributed by atoms with Gasteiger partial charge in [0.05, 0.1) is 11.1 Å². The van der Waals surface area contributed by atoms with Gasteiger partial charge in [-0.05, 0) is 24.3 Å². The number of benzene rings is 1. The quantitative estimate of drug-likeness (QED) is 0.582. The monoisotopic (exact) mass is 314 g/mol. The van der Waals surface area contributed by atoms with Gasteiger partial charge in [-0.15, -0.1) is 0 Å². The highest BCUT2D eigenvalue weighted by atomic mass is 19.3.